The zero-order valence-electron chi connectivity index (χ0n) is 16.8. The molecule has 2 nitrogen and oxygen atoms in total. The summed E-state index contributed by atoms with van der Waals surface area (Å²) in [5, 5.41) is 0. The Bertz CT molecular complexity index is 834. The summed E-state index contributed by atoms with van der Waals surface area (Å²) in [6.45, 7) is 6.23. The second-order valence-electron chi connectivity index (χ2n) is 8.17. The first kappa shape index (κ1) is 18.2. The first-order valence-corrected chi connectivity index (χ1v) is 10.1. The molecule has 27 heavy (non-hydrogen) atoms. The molecular weight excluding hydrogens is 332 g/mol. The van der Waals surface area contributed by atoms with Crippen molar-refractivity contribution in [2.75, 3.05) is 14.2 Å². The van der Waals surface area contributed by atoms with E-state index in [0.29, 0.717) is 11.8 Å². The van der Waals surface area contributed by atoms with Crippen LogP contribution < -0.4 is 9.47 Å². The number of fused-ring (bicyclic) bond motifs is 3. The van der Waals surface area contributed by atoms with Crippen molar-refractivity contribution in [2.45, 2.75) is 50.9 Å². The van der Waals surface area contributed by atoms with Crippen LogP contribution >= 0.6 is 0 Å². The highest BCUT2D eigenvalue weighted by Gasteiger charge is 2.39. The molecule has 3 unspecified atom stereocenters. The van der Waals surface area contributed by atoms with E-state index < -0.39 is 0 Å². The van der Waals surface area contributed by atoms with E-state index in [-0.39, 0.29) is 0 Å². The van der Waals surface area contributed by atoms with Crippen molar-refractivity contribution in [1.82, 2.24) is 0 Å². The van der Waals surface area contributed by atoms with Crippen LogP contribution in [0.5, 0.6) is 11.5 Å². The first-order valence-electron chi connectivity index (χ1n) is 10.1. The van der Waals surface area contributed by atoms with Crippen molar-refractivity contribution in [3.8, 4) is 11.5 Å². The standard InChI is InChI=1S/C25H30O2/c1-16(2)22-13-18-14-23(17-9-11-19(26-3)12-10-17)20-7-5-6-8-21(20)24(18)15-25(22)27-4/h9-13,15,20-21,23H,1,5-8,14H2,2-4H3. The van der Waals surface area contributed by atoms with Gasteiger partial charge in [0, 0.05) is 5.56 Å². The van der Waals surface area contributed by atoms with Gasteiger partial charge in [-0.25, -0.2) is 0 Å². The van der Waals surface area contributed by atoms with Gasteiger partial charge in [0.1, 0.15) is 11.5 Å². The fourth-order valence-electron chi connectivity index (χ4n) is 5.30. The Morgan fingerprint density at radius 2 is 1.70 bits per heavy atom. The van der Waals surface area contributed by atoms with Crippen LogP contribution in [-0.2, 0) is 6.42 Å². The van der Waals surface area contributed by atoms with Gasteiger partial charge >= 0.3 is 0 Å². The van der Waals surface area contributed by atoms with E-state index in [2.05, 4.69) is 49.9 Å². The number of ether oxygens (including phenoxy) is 2. The molecule has 2 aromatic rings. The van der Waals surface area contributed by atoms with Crippen LogP contribution in [0.4, 0.5) is 0 Å². The lowest BCUT2D eigenvalue weighted by Gasteiger charge is -2.43. The summed E-state index contributed by atoms with van der Waals surface area (Å²) in [5.41, 5.74) is 6.68. The number of hydrogen-bond donors (Lipinski definition) is 0. The van der Waals surface area contributed by atoms with E-state index in [9.17, 15) is 0 Å². The molecule has 2 heteroatoms. The maximum atomic E-state index is 5.71. The van der Waals surface area contributed by atoms with Crippen LogP contribution in [-0.4, -0.2) is 14.2 Å². The fraction of sp³-hybridized carbons (Fsp3) is 0.440. The molecule has 0 N–H and O–H groups in total. The van der Waals surface area contributed by atoms with E-state index >= 15 is 0 Å². The van der Waals surface area contributed by atoms with Gasteiger partial charge in [-0.1, -0.05) is 31.6 Å². The second kappa shape index (κ2) is 7.42. The summed E-state index contributed by atoms with van der Waals surface area (Å²) >= 11 is 0. The number of allylic oxidation sites excluding steroid dienone is 1. The molecule has 0 aliphatic heterocycles. The number of hydrogen-bond acceptors (Lipinski definition) is 2. The predicted molar refractivity (Wildman–Crippen MR) is 112 cm³/mol. The summed E-state index contributed by atoms with van der Waals surface area (Å²) in [6, 6.07) is 13.4. The lowest BCUT2D eigenvalue weighted by molar-refractivity contribution is 0.242. The van der Waals surface area contributed by atoms with Crippen LogP contribution in [0.1, 0.15) is 66.7 Å². The van der Waals surface area contributed by atoms with Crippen molar-refractivity contribution >= 4 is 5.57 Å². The second-order valence-corrected chi connectivity index (χ2v) is 8.17. The Hall–Kier alpha value is -2.22. The summed E-state index contributed by atoms with van der Waals surface area (Å²) in [4.78, 5) is 0. The Morgan fingerprint density at radius 3 is 2.37 bits per heavy atom. The maximum absolute atomic E-state index is 5.71. The molecule has 2 aliphatic rings. The van der Waals surface area contributed by atoms with Crippen molar-refractivity contribution in [3.63, 3.8) is 0 Å². The zero-order chi connectivity index (χ0) is 19.0. The molecule has 0 radical (unpaired) electrons. The lowest BCUT2D eigenvalue weighted by atomic mass is 9.61. The minimum absolute atomic E-state index is 0.583. The largest absolute Gasteiger partial charge is 0.497 e. The van der Waals surface area contributed by atoms with Gasteiger partial charge in [-0.15, -0.1) is 0 Å². The van der Waals surface area contributed by atoms with Crippen LogP contribution in [0.3, 0.4) is 0 Å². The fourth-order valence-corrected chi connectivity index (χ4v) is 5.30. The Balaban J connectivity index is 1.78. The minimum atomic E-state index is 0.583. The molecule has 2 aliphatic carbocycles. The van der Waals surface area contributed by atoms with Crippen molar-refractivity contribution < 1.29 is 9.47 Å². The smallest absolute Gasteiger partial charge is 0.126 e. The van der Waals surface area contributed by atoms with E-state index in [1.165, 1.54) is 42.4 Å². The summed E-state index contributed by atoms with van der Waals surface area (Å²) in [6.07, 6.45) is 6.41. The average molecular weight is 363 g/mol. The van der Waals surface area contributed by atoms with Gasteiger partial charge in [0.05, 0.1) is 14.2 Å². The Morgan fingerprint density at radius 1 is 0.963 bits per heavy atom. The molecule has 2 aromatic carbocycles. The van der Waals surface area contributed by atoms with E-state index in [0.717, 1.165) is 35.0 Å². The van der Waals surface area contributed by atoms with Gasteiger partial charge in [-0.3, -0.25) is 0 Å². The van der Waals surface area contributed by atoms with Gasteiger partial charge in [0.15, 0.2) is 0 Å². The van der Waals surface area contributed by atoms with Gasteiger partial charge in [0.2, 0.25) is 0 Å². The van der Waals surface area contributed by atoms with Gasteiger partial charge in [-0.05, 0) is 90.5 Å². The maximum Gasteiger partial charge on any atom is 0.126 e. The highest BCUT2D eigenvalue weighted by atomic mass is 16.5. The summed E-state index contributed by atoms with van der Waals surface area (Å²) in [5.74, 6) is 3.86. The molecule has 0 spiro atoms. The topological polar surface area (TPSA) is 18.5 Å². The monoisotopic (exact) mass is 362 g/mol. The van der Waals surface area contributed by atoms with Crippen LogP contribution in [0.15, 0.2) is 43.0 Å². The lowest BCUT2D eigenvalue weighted by Crippen LogP contribution is -2.31. The molecule has 1 fully saturated rings. The van der Waals surface area contributed by atoms with Gasteiger partial charge < -0.3 is 9.47 Å². The third-order valence-corrected chi connectivity index (χ3v) is 6.64. The third-order valence-electron chi connectivity index (χ3n) is 6.64. The highest BCUT2D eigenvalue weighted by Crippen LogP contribution is 2.52. The minimum Gasteiger partial charge on any atom is -0.497 e. The molecule has 3 atom stereocenters. The van der Waals surface area contributed by atoms with Gasteiger partial charge in [-0.2, -0.15) is 0 Å². The summed E-state index contributed by atoms with van der Waals surface area (Å²) in [7, 11) is 3.51. The first-order chi connectivity index (χ1) is 13.1. The van der Waals surface area contributed by atoms with Crippen molar-refractivity contribution in [3.05, 3.63) is 65.2 Å². The van der Waals surface area contributed by atoms with Crippen LogP contribution in [0.25, 0.3) is 5.57 Å². The highest BCUT2D eigenvalue weighted by molar-refractivity contribution is 5.69. The van der Waals surface area contributed by atoms with E-state index in [4.69, 9.17) is 9.47 Å². The molecular formula is C25H30O2. The normalized spacial score (nSPS) is 23.9. The van der Waals surface area contributed by atoms with Gasteiger partial charge in [0.25, 0.3) is 0 Å². The number of rotatable bonds is 4. The Kier molecular flexibility index (Phi) is 4.99. The number of methoxy groups -OCH3 is 2. The molecule has 0 bridgehead atoms. The Labute approximate surface area is 163 Å². The third kappa shape index (κ3) is 3.26. The molecule has 0 saturated heterocycles. The molecule has 1 saturated carbocycles. The zero-order valence-corrected chi connectivity index (χ0v) is 16.8. The molecule has 142 valence electrons. The van der Waals surface area contributed by atoms with Crippen molar-refractivity contribution in [2.24, 2.45) is 5.92 Å². The molecule has 0 amide bonds. The molecule has 0 heterocycles. The predicted octanol–water partition coefficient (Wildman–Crippen LogP) is 6.35. The van der Waals surface area contributed by atoms with E-state index in [1.54, 1.807) is 14.2 Å². The molecule has 4 rings (SSSR count). The number of benzene rings is 2. The van der Waals surface area contributed by atoms with E-state index in [1.807, 2.05) is 0 Å². The van der Waals surface area contributed by atoms with Crippen LogP contribution in [0, 0.1) is 5.92 Å². The molecule has 0 aromatic heterocycles. The van der Waals surface area contributed by atoms with Crippen LogP contribution in [0.2, 0.25) is 0 Å². The average Bonchev–Trinajstić information content (AvgIpc) is 2.72. The SMILES string of the molecule is C=C(C)c1cc2c(cc1OC)C1CCCCC1C(c1ccc(OC)cc1)C2. The summed E-state index contributed by atoms with van der Waals surface area (Å²) < 4.78 is 11.1. The quantitative estimate of drug-likeness (QED) is 0.631. The van der Waals surface area contributed by atoms with Crippen molar-refractivity contribution in [1.29, 1.82) is 0 Å².